The van der Waals surface area contributed by atoms with Gasteiger partial charge >= 0.3 is 0 Å². The van der Waals surface area contributed by atoms with Crippen molar-refractivity contribution >= 4 is 5.91 Å². The highest BCUT2D eigenvalue weighted by molar-refractivity contribution is 5.73. The monoisotopic (exact) mass is 343 g/mol. The highest BCUT2D eigenvalue weighted by atomic mass is 16.5. The fourth-order valence-electron chi connectivity index (χ4n) is 3.05. The number of hydrogen-bond acceptors (Lipinski definition) is 5. The molecule has 0 radical (unpaired) electrons. The van der Waals surface area contributed by atoms with Crippen LogP contribution in [-0.4, -0.2) is 53.5 Å². The molecule has 3 rings (SSSR count). The molecule has 6 heteroatoms. The van der Waals surface area contributed by atoms with Gasteiger partial charge in [0.2, 0.25) is 11.8 Å². The SMILES string of the molecule is CCOc1ccccc1-c1nc(CN2CCN(C(C)=O)CC2)c(C)o1. The molecule has 0 aliphatic carbocycles. The van der Waals surface area contributed by atoms with Crippen LogP contribution in [0.1, 0.15) is 25.3 Å². The summed E-state index contributed by atoms with van der Waals surface area (Å²) >= 11 is 0. The zero-order chi connectivity index (χ0) is 17.8. The lowest BCUT2D eigenvalue weighted by atomic mass is 10.2. The lowest BCUT2D eigenvalue weighted by Crippen LogP contribution is -2.47. The van der Waals surface area contributed by atoms with Crippen molar-refractivity contribution in [1.82, 2.24) is 14.8 Å². The third-order valence-electron chi connectivity index (χ3n) is 4.50. The summed E-state index contributed by atoms with van der Waals surface area (Å²) < 4.78 is 11.6. The van der Waals surface area contributed by atoms with Gasteiger partial charge in [0.15, 0.2) is 0 Å². The predicted molar refractivity (Wildman–Crippen MR) is 95.4 cm³/mol. The molecule has 25 heavy (non-hydrogen) atoms. The largest absolute Gasteiger partial charge is 0.493 e. The summed E-state index contributed by atoms with van der Waals surface area (Å²) in [6.45, 7) is 10.1. The Morgan fingerprint density at radius 2 is 1.96 bits per heavy atom. The molecule has 134 valence electrons. The van der Waals surface area contributed by atoms with Gasteiger partial charge in [-0.25, -0.2) is 4.98 Å². The molecule has 0 bridgehead atoms. The molecule has 1 saturated heterocycles. The second-order valence-electron chi connectivity index (χ2n) is 6.23. The van der Waals surface area contributed by atoms with Crippen LogP contribution in [0.2, 0.25) is 0 Å². The average molecular weight is 343 g/mol. The third-order valence-corrected chi connectivity index (χ3v) is 4.50. The van der Waals surface area contributed by atoms with E-state index in [0.717, 1.165) is 55.5 Å². The second kappa shape index (κ2) is 7.70. The van der Waals surface area contributed by atoms with Gasteiger partial charge in [-0.05, 0) is 26.0 Å². The van der Waals surface area contributed by atoms with Crippen LogP contribution in [0, 0.1) is 6.92 Å². The molecule has 6 nitrogen and oxygen atoms in total. The van der Waals surface area contributed by atoms with Crippen molar-refractivity contribution in [1.29, 1.82) is 0 Å². The van der Waals surface area contributed by atoms with E-state index in [1.807, 2.05) is 43.0 Å². The first kappa shape index (κ1) is 17.5. The van der Waals surface area contributed by atoms with Crippen LogP contribution < -0.4 is 4.74 Å². The van der Waals surface area contributed by atoms with Crippen molar-refractivity contribution in [3.8, 4) is 17.2 Å². The Bertz CT molecular complexity index is 733. The van der Waals surface area contributed by atoms with Gasteiger partial charge in [0.1, 0.15) is 11.5 Å². The maximum Gasteiger partial charge on any atom is 0.230 e. The van der Waals surface area contributed by atoms with E-state index < -0.39 is 0 Å². The normalized spacial score (nSPS) is 15.4. The molecule has 0 spiro atoms. The summed E-state index contributed by atoms with van der Waals surface area (Å²) in [6, 6.07) is 7.79. The predicted octanol–water partition coefficient (Wildman–Crippen LogP) is 2.71. The van der Waals surface area contributed by atoms with Crippen LogP contribution in [0.4, 0.5) is 0 Å². The van der Waals surface area contributed by atoms with Crippen LogP contribution in [0.15, 0.2) is 28.7 Å². The zero-order valence-corrected chi connectivity index (χ0v) is 15.1. The second-order valence-corrected chi connectivity index (χ2v) is 6.23. The van der Waals surface area contributed by atoms with E-state index in [1.54, 1.807) is 6.92 Å². The standard InChI is InChI=1S/C19H25N3O3/c1-4-24-18-8-6-5-7-16(18)19-20-17(14(2)25-19)13-21-9-11-22(12-10-21)15(3)23/h5-8H,4,9-13H2,1-3H3. The first-order valence-corrected chi connectivity index (χ1v) is 8.75. The lowest BCUT2D eigenvalue weighted by Gasteiger charge is -2.33. The van der Waals surface area contributed by atoms with E-state index in [1.165, 1.54) is 0 Å². The maximum atomic E-state index is 11.4. The summed E-state index contributed by atoms with van der Waals surface area (Å²) in [5.74, 6) is 2.36. The summed E-state index contributed by atoms with van der Waals surface area (Å²) in [7, 11) is 0. The Hall–Kier alpha value is -2.34. The third kappa shape index (κ3) is 4.02. The van der Waals surface area contributed by atoms with Gasteiger partial charge in [-0.15, -0.1) is 0 Å². The van der Waals surface area contributed by atoms with E-state index >= 15 is 0 Å². The van der Waals surface area contributed by atoms with Crippen molar-refractivity contribution in [3.63, 3.8) is 0 Å². The number of aromatic nitrogens is 1. The van der Waals surface area contributed by atoms with Gasteiger partial charge in [0.25, 0.3) is 0 Å². The Morgan fingerprint density at radius 1 is 1.24 bits per heavy atom. The summed E-state index contributed by atoms with van der Waals surface area (Å²) in [5.41, 5.74) is 1.82. The van der Waals surface area contributed by atoms with E-state index in [2.05, 4.69) is 4.90 Å². The number of oxazole rings is 1. The van der Waals surface area contributed by atoms with Crippen LogP contribution in [-0.2, 0) is 11.3 Å². The quantitative estimate of drug-likeness (QED) is 0.835. The van der Waals surface area contributed by atoms with Gasteiger partial charge in [-0.1, -0.05) is 12.1 Å². The molecular weight excluding hydrogens is 318 g/mol. The number of carbonyl (C=O) groups is 1. The fraction of sp³-hybridized carbons (Fsp3) is 0.474. The molecule has 0 unspecified atom stereocenters. The number of hydrogen-bond donors (Lipinski definition) is 0. The van der Waals surface area contributed by atoms with Gasteiger partial charge in [-0.2, -0.15) is 0 Å². The Labute approximate surface area is 148 Å². The minimum Gasteiger partial charge on any atom is -0.493 e. The van der Waals surface area contributed by atoms with Crippen molar-refractivity contribution in [3.05, 3.63) is 35.7 Å². The molecule has 0 N–H and O–H groups in total. The number of ether oxygens (including phenoxy) is 1. The summed E-state index contributed by atoms with van der Waals surface area (Å²) in [4.78, 5) is 20.3. The number of amides is 1. The van der Waals surface area contributed by atoms with Crippen LogP contribution >= 0.6 is 0 Å². The van der Waals surface area contributed by atoms with Crippen LogP contribution in [0.5, 0.6) is 5.75 Å². The molecule has 1 aromatic carbocycles. The number of aryl methyl sites for hydroxylation is 1. The average Bonchev–Trinajstić information content (AvgIpc) is 2.97. The molecule has 1 aromatic heterocycles. The van der Waals surface area contributed by atoms with Crippen molar-refractivity contribution < 1.29 is 13.9 Å². The van der Waals surface area contributed by atoms with Gasteiger partial charge in [0, 0.05) is 39.6 Å². The fourth-order valence-corrected chi connectivity index (χ4v) is 3.05. The van der Waals surface area contributed by atoms with Gasteiger partial charge in [0.05, 0.1) is 17.9 Å². The summed E-state index contributed by atoms with van der Waals surface area (Å²) in [5, 5.41) is 0. The van der Waals surface area contributed by atoms with E-state index in [9.17, 15) is 4.79 Å². The van der Waals surface area contributed by atoms with Crippen molar-refractivity contribution in [2.75, 3.05) is 32.8 Å². The lowest BCUT2D eigenvalue weighted by molar-refractivity contribution is -0.130. The Morgan fingerprint density at radius 3 is 2.64 bits per heavy atom. The van der Waals surface area contributed by atoms with Gasteiger partial charge in [-0.3, -0.25) is 9.69 Å². The van der Waals surface area contributed by atoms with Crippen LogP contribution in [0.3, 0.4) is 0 Å². The Balaban J connectivity index is 1.72. The molecule has 1 fully saturated rings. The smallest absolute Gasteiger partial charge is 0.230 e. The molecule has 1 aliphatic rings. The van der Waals surface area contributed by atoms with Crippen LogP contribution in [0.25, 0.3) is 11.5 Å². The molecule has 2 aromatic rings. The number of benzene rings is 1. The molecule has 1 aliphatic heterocycles. The number of para-hydroxylation sites is 1. The molecule has 0 saturated carbocycles. The molecule has 1 amide bonds. The number of nitrogens with zero attached hydrogens (tertiary/aromatic N) is 3. The van der Waals surface area contributed by atoms with Crippen molar-refractivity contribution in [2.24, 2.45) is 0 Å². The first-order valence-electron chi connectivity index (χ1n) is 8.75. The number of piperazine rings is 1. The minimum atomic E-state index is 0.145. The highest BCUT2D eigenvalue weighted by Crippen LogP contribution is 2.30. The molecule has 0 atom stereocenters. The molecule has 2 heterocycles. The highest BCUT2D eigenvalue weighted by Gasteiger charge is 2.21. The Kier molecular flexibility index (Phi) is 5.38. The topological polar surface area (TPSA) is 58.8 Å². The van der Waals surface area contributed by atoms with Crippen molar-refractivity contribution in [2.45, 2.75) is 27.3 Å². The first-order chi connectivity index (χ1) is 12.1. The van der Waals surface area contributed by atoms with E-state index in [-0.39, 0.29) is 5.91 Å². The minimum absolute atomic E-state index is 0.145. The number of carbonyl (C=O) groups excluding carboxylic acids is 1. The zero-order valence-electron chi connectivity index (χ0n) is 15.1. The maximum absolute atomic E-state index is 11.4. The number of rotatable bonds is 5. The van der Waals surface area contributed by atoms with E-state index in [4.69, 9.17) is 14.1 Å². The summed E-state index contributed by atoms with van der Waals surface area (Å²) in [6.07, 6.45) is 0. The van der Waals surface area contributed by atoms with Gasteiger partial charge < -0.3 is 14.1 Å². The van der Waals surface area contributed by atoms with E-state index in [0.29, 0.717) is 12.5 Å². The molecular formula is C19H25N3O3.